The van der Waals surface area contributed by atoms with E-state index in [2.05, 4.69) is 20.3 Å². The first-order chi connectivity index (χ1) is 12.5. The summed E-state index contributed by atoms with van der Waals surface area (Å²) in [5.74, 6) is 1.22. The maximum atomic E-state index is 12.1. The van der Waals surface area contributed by atoms with Gasteiger partial charge in [0.2, 0.25) is 11.8 Å². The zero-order chi connectivity index (χ0) is 17.9. The van der Waals surface area contributed by atoms with Crippen LogP contribution in [0.15, 0.2) is 40.8 Å². The van der Waals surface area contributed by atoms with Gasteiger partial charge in [-0.3, -0.25) is 4.79 Å². The van der Waals surface area contributed by atoms with Gasteiger partial charge in [0.25, 0.3) is 0 Å². The molecule has 128 valence electrons. The molecular formula is C20H16N4O2. The van der Waals surface area contributed by atoms with E-state index in [1.165, 1.54) is 0 Å². The summed E-state index contributed by atoms with van der Waals surface area (Å²) in [4.78, 5) is 24.3. The lowest BCUT2D eigenvalue weighted by Crippen LogP contribution is -2.26. The molecule has 0 unspecified atom stereocenters. The molecule has 1 amide bonds. The number of amides is 1. The predicted molar refractivity (Wildman–Crippen MR) is 101 cm³/mol. The quantitative estimate of drug-likeness (QED) is 0.573. The average molecular weight is 344 g/mol. The molecule has 0 bridgehead atoms. The Kier molecular flexibility index (Phi) is 2.89. The molecule has 0 saturated carbocycles. The van der Waals surface area contributed by atoms with Gasteiger partial charge in [0.1, 0.15) is 11.3 Å². The van der Waals surface area contributed by atoms with Gasteiger partial charge >= 0.3 is 0 Å². The predicted octanol–water partition coefficient (Wildman–Crippen LogP) is 4.10. The minimum Gasteiger partial charge on any atom is -0.437 e. The third kappa shape index (κ3) is 2.15. The van der Waals surface area contributed by atoms with Crippen molar-refractivity contribution in [2.75, 3.05) is 5.32 Å². The smallest absolute Gasteiger partial charge is 0.234 e. The number of hydrogen-bond acceptors (Lipinski definition) is 4. The Labute approximate surface area is 149 Å². The second-order valence-corrected chi connectivity index (χ2v) is 6.97. The topological polar surface area (TPSA) is 83.8 Å². The zero-order valence-electron chi connectivity index (χ0n) is 14.3. The van der Waals surface area contributed by atoms with Gasteiger partial charge in [-0.25, -0.2) is 9.97 Å². The highest BCUT2D eigenvalue weighted by atomic mass is 16.3. The minimum atomic E-state index is -0.563. The fourth-order valence-corrected chi connectivity index (χ4v) is 3.29. The number of carbonyl (C=O) groups excluding carboxylic acids is 1. The standard InChI is InChI=1S/C20H16N4O2/c1-20(2)11-9-15-16(10-14(11)24-19(20)25)26-18(23-15)8-7-17-21-12-5-3-4-6-13(12)22-17/h3-10H,1-2H3,(H,21,22)(H,24,25). The summed E-state index contributed by atoms with van der Waals surface area (Å²) >= 11 is 0. The molecule has 0 aliphatic carbocycles. The van der Waals surface area contributed by atoms with Gasteiger partial charge in [0.05, 0.1) is 16.4 Å². The molecule has 2 aromatic heterocycles. The van der Waals surface area contributed by atoms with Crippen molar-refractivity contribution in [2.45, 2.75) is 19.3 Å². The largest absolute Gasteiger partial charge is 0.437 e. The number of fused-ring (bicyclic) bond motifs is 3. The van der Waals surface area contributed by atoms with Crippen molar-refractivity contribution >= 4 is 45.9 Å². The van der Waals surface area contributed by atoms with Crippen LogP contribution in [0.5, 0.6) is 0 Å². The molecule has 0 spiro atoms. The Morgan fingerprint density at radius 1 is 1.08 bits per heavy atom. The lowest BCUT2D eigenvalue weighted by atomic mass is 9.86. The average Bonchev–Trinajstić information content (AvgIpc) is 3.26. The Morgan fingerprint density at radius 3 is 2.77 bits per heavy atom. The first-order valence-electron chi connectivity index (χ1n) is 8.40. The van der Waals surface area contributed by atoms with Gasteiger partial charge in [-0.05, 0) is 43.7 Å². The Hall–Kier alpha value is -3.41. The highest BCUT2D eigenvalue weighted by Gasteiger charge is 2.38. The van der Waals surface area contributed by atoms with Crippen molar-refractivity contribution in [3.8, 4) is 0 Å². The van der Waals surface area contributed by atoms with Gasteiger partial charge in [0.15, 0.2) is 5.58 Å². The molecule has 6 nitrogen and oxygen atoms in total. The molecule has 3 heterocycles. The van der Waals surface area contributed by atoms with Crippen LogP contribution in [-0.2, 0) is 10.2 Å². The second kappa shape index (κ2) is 5.05. The van der Waals surface area contributed by atoms with E-state index in [1.54, 1.807) is 6.08 Å². The summed E-state index contributed by atoms with van der Waals surface area (Å²) in [6, 6.07) is 11.6. The number of nitrogens with zero attached hydrogens (tertiary/aromatic N) is 2. The second-order valence-electron chi connectivity index (χ2n) is 6.97. The Bertz CT molecular complexity index is 1180. The normalized spacial score (nSPS) is 15.8. The maximum Gasteiger partial charge on any atom is 0.234 e. The van der Waals surface area contributed by atoms with Crippen LogP contribution in [0.2, 0.25) is 0 Å². The van der Waals surface area contributed by atoms with Crippen molar-refractivity contribution in [1.29, 1.82) is 0 Å². The van der Waals surface area contributed by atoms with E-state index in [1.807, 2.05) is 56.3 Å². The lowest BCUT2D eigenvalue weighted by Gasteiger charge is -2.14. The van der Waals surface area contributed by atoms with Gasteiger partial charge in [-0.1, -0.05) is 12.1 Å². The number of nitrogens with one attached hydrogen (secondary N) is 2. The van der Waals surface area contributed by atoms with Crippen molar-refractivity contribution in [3.63, 3.8) is 0 Å². The zero-order valence-corrected chi connectivity index (χ0v) is 14.3. The number of imidazole rings is 1. The van der Waals surface area contributed by atoms with Gasteiger partial charge in [-0.15, -0.1) is 0 Å². The number of aromatic amines is 1. The first-order valence-corrected chi connectivity index (χ1v) is 8.40. The van der Waals surface area contributed by atoms with Crippen LogP contribution in [0.4, 0.5) is 5.69 Å². The summed E-state index contributed by atoms with van der Waals surface area (Å²) in [5.41, 5.74) is 4.45. The fraction of sp³-hybridized carbons (Fsp3) is 0.150. The number of carbonyl (C=O) groups is 1. The van der Waals surface area contributed by atoms with Gasteiger partial charge in [0, 0.05) is 17.8 Å². The number of rotatable bonds is 2. The van der Waals surface area contributed by atoms with Crippen LogP contribution in [0.3, 0.4) is 0 Å². The van der Waals surface area contributed by atoms with E-state index in [-0.39, 0.29) is 5.91 Å². The number of anilines is 1. The van der Waals surface area contributed by atoms with Crippen LogP contribution >= 0.6 is 0 Å². The van der Waals surface area contributed by atoms with E-state index < -0.39 is 5.41 Å². The van der Waals surface area contributed by atoms with E-state index in [0.29, 0.717) is 11.5 Å². The molecule has 0 saturated heterocycles. The SMILES string of the molecule is CC1(C)C(=O)Nc2cc3oc(C=Cc4nc5ccccc5[nH]4)nc3cc21. The Balaban J connectivity index is 1.51. The molecule has 0 atom stereocenters. The summed E-state index contributed by atoms with van der Waals surface area (Å²) in [6.07, 6.45) is 3.62. The number of H-pyrrole nitrogens is 1. The molecule has 6 heteroatoms. The van der Waals surface area contributed by atoms with Crippen molar-refractivity contribution < 1.29 is 9.21 Å². The molecule has 4 aromatic rings. The number of benzene rings is 2. The van der Waals surface area contributed by atoms with Crippen molar-refractivity contribution in [3.05, 3.63) is 53.7 Å². The van der Waals surface area contributed by atoms with E-state index in [9.17, 15) is 4.79 Å². The van der Waals surface area contributed by atoms with Crippen molar-refractivity contribution in [1.82, 2.24) is 15.0 Å². The van der Waals surface area contributed by atoms with E-state index in [0.717, 1.165) is 33.6 Å². The van der Waals surface area contributed by atoms with Crippen LogP contribution in [0, 0.1) is 0 Å². The highest BCUT2D eigenvalue weighted by Crippen LogP contribution is 2.39. The Morgan fingerprint density at radius 2 is 1.92 bits per heavy atom. The van der Waals surface area contributed by atoms with Crippen LogP contribution in [-0.4, -0.2) is 20.9 Å². The molecule has 0 fully saturated rings. The first kappa shape index (κ1) is 14.9. The summed E-state index contributed by atoms with van der Waals surface area (Å²) < 4.78 is 5.80. The van der Waals surface area contributed by atoms with Crippen molar-refractivity contribution in [2.24, 2.45) is 0 Å². The number of hydrogen-bond donors (Lipinski definition) is 2. The summed E-state index contributed by atoms with van der Waals surface area (Å²) in [7, 11) is 0. The molecule has 5 rings (SSSR count). The van der Waals surface area contributed by atoms with E-state index in [4.69, 9.17) is 4.42 Å². The number of aromatic nitrogens is 3. The summed E-state index contributed by atoms with van der Waals surface area (Å²) in [5, 5.41) is 2.90. The molecular weight excluding hydrogens is 328 g/mol. The molecule has 2 aromatic carbocycles. The van der Waals surface area contributed by atoms with Crippen LogP contribution in [0.1, 0.15) is 31.1 Å². The van der Waals surface area contributed by atoms with Gasteiger partial charge < -0.3 is 14.7 Å². The maximum absolute atomic E-state index is 12.1. The minimum absolute atomic E-state index is 0.00911. The van der Waals surface area contributed by atoms with Crippen LogP contribution in [0.25, 0.3) is 34.3 Å². The molecule has 1 aliphatic rings. The third-order valence-electron chi connectivity index (χ3n) is 4.82. The summed E-state index contributed by atoms with van der Waals surface area (Å²) in [6.45, 7) is 3.81. The molecule has 1 aliphatic heterocycles. The fourth-order valence-electron chi connectivity index (χ4n) is 3.29. The molecule has 2 N–H and O–H groups in total. The molecule has 26 heavy (non-hydrogen) atoms. The number of oxazole rings is 1. The molecule has 0 radical (unpaired) electrons. The highest BCUT2D eigenvalue weighted by molar-refractivity contribution is 6.07. The monoisotopic (exact) mass is 344 g/mol. The van der Waals surface area contributed by atoms with Crippen LogP contribution < -0.4 is 5.32 Å². The number of para-hydroxylation sites is 2. The third-order valence-corrected chi connectivity index (χ3v) is 4.82. The van der Waals surface area contributed by atoms with E-state index >= 15 is 0 Å². The van der Waals surface area contributed by atoms with Gasteiger partial charge in [-0.2, -0.15) is 0 Å². The lowest BCUT2D eigenvalue weighted by molar-refractivity contribution is -0.119.